The Hall–Kier alpha value is -1.88. The van der Waals surface area contributed by atoms with Gasteiger partial charge in [0.05, 0.1) is 18.8 Å². The van der Waals surface area contributed by atoms with Gasteiger partial charge in [0.15, 0.2) is 0 Å². The first-order valence-corrected chi connectivity index (χ1v) is 6.55. The Kier molecular flexibility index (Phi) is 3.21. The fraction of sp³-hybridized carbons (Fsp3) is 0.429. The maximum atomic E-state index is 12.4. The number of hydrogen-bond acceptors (Lipinski definition) is 4. The van der Waals surface area contributed by atoms with E-state index in [0.29, 0.717) is 29.2 Å². The summed E-state index contributed by atoms with van der Waals surface area (Å²) in [6.45, 7) is 1.72. The minimum Gasteiger partial charge on any atom is -0.494 e. The van der Waals surface area contributed by atoms with Crippen LogP contribution in [-0.2, 0) is 6.54 Å². The molecule has 1 aliphatic heterocycles. The SMILES string of the molecule is COc1cccc2c(=O)n(CC3CCCN3)cnc12. The topological polar surface area (TPSA) is 56.1 Å². The van der Waals surface area contributed by atoms with Gasteiger partial charge in [0.2, 0.25) is 0 Å². The molecule has 0 bridgehead atoms. The van der Waals surface area contributed by atoms with Crippen LogP contribution in [0.4, 0.5) is 0 Å². The van der Waals surface area contributed by atoms with Gasteiger partial charge in [0, 0.05) is 12.6 Å². The normalized spacial score (nSPS) is 18.9. The van der Waals surface area contributed by atoms with Gasteiger partial charge in [-0.25, -0.2) is 4.98 Å². The number of fused-ring (bicyclic) bond motifs is 1. The van der Waals surface area contributed by atoms with Crippen molar-refractivity contribution >= 4 is 10.9 Å². The van der Waals surface area contributed by atoms with Crippen LogP contribution in [0.3, 0.4) is 0 Å². The Balaban J connectivity index is 2.03. The van der Waals surface area contributed by atoms with E-state index in [9.17, 15) is 4.79 Å². The van der Waals surface area contributed by atoms with Crippen LogP contribution in [-0.4, -0.2) is 29.2 Å². The van der Waals surface area contributed by atoms with Crippen LogP contribution in [0.1, 0.15) is 12.8 Å². The van der Waals surface area contributed by atoms with E-state index in [-0.39, 0.29) is 5.56 Å². The Morgan fingerprint density at radius 3 is 3.16 bits per heavy atom. The first-order valence-electron chi connectivity index (χ1n) is 6.55. The summed E-state index contributed by atoms with van der Waals surface area (Å²) in [4.78, 5) is 16.8. The number of nitrogens with one attached hydrogen (secondary N) is 1. The van der Waals surface area contributed by atoms with Crippen molar-refractivity contribution in [3.8, 4) is 5.75 Å². The first-order chi connectivity index (χ1) is 9.29. The molecule has 1 fully saturated rings. The fourth-order valence-electron chi connectivity index (χ4n) is 2.61. The highest BCUT2D eigenvalue weighted by Gasteiger charge is 2.16. The Bertz CT molecular complexity index is 645. The molecule has 19 heavy (non-hydrogen) atoms. The van der Waals surface area contributed by atoms with Gasteiger partial charge in [-0.15, -0.1) is 0 Å². The Morgan fingerprint density at radius 1 is 1.53 bits per heavy atom. The summed E-state index contributed by atoms with van der Waals surface area (Å²) in [5.41, 5.74) is 0.628. The molecule has 0 aliphatic carbocycles. The van der Waals surface area contributed by atoms with Gasteiger partial charge in [0.1, 0.15) is 11.3 Å². The van der Waals surface area contributed by atoms with E-state index in [2.05, 4.69) is 10.3 Å². The van der Waals surface area contributed by atoms with Gasteiger partial charge in [-0.2, -0.15) is 0 Å². The average molecular weight is 259 g/mol. The second-order valence-corrected chi connectivity index (χ2v) is 4.85. The van der Waals surface area contributed by atoms with Gasteiger partial charge in [0.25, 0.3) is 5.56 Å². The zero-order valence-corrected chi connectivity index (χ0v) is 10.9. The molecule has 2 heterocycles. The maximum Gasteiger partial charge on any atom is 0.261 e. The number of ether oxygens (including phenoxy) is 1. The van der Waals surface area contributed by atoms with Crippen LogP contribution in [0.15, 0.2) is 29.3 Å². The summed E-state index contributed by atoms with van der Waals surface area (Å²) in [6.07, 6.45) is 3.91. The van der Waals surface area contributed by atoms with Crippen LogP contribution < -0.4 is 15.6 Å². The monoisotopic (exact) mass is 259 g/mol. The zero-order chi connectivity index (χ0) is 13.2. The summed E-state index contributed by atoms with van der Waals surface area (Å²) in [7, 11) is 1.59. The van der Waals surface area contributed by atoms with Crippen molar-refractivity contribution in [1.82, 2.24) is 14.9 Å². The third kappa shape index (κ3) is 2.21. The molecule has 100 valence electrons. The predicted molar refractivity (Wildman–Crippen MR) is 73.6 cm³/mol. The average Bonchev–Trinajstić information content (AvgIpc) is 2.94. The quantitative estimate of drug-likeness (QED) is 0.898. The molecule has 1 N–H and O–H groups in total. The molecular formula is C14H17N3O2. The second-order valence-electron chi connectivity index (χ2n) is 4.85. The van der Waals surface area contributed by atoms with Crippen LogP contribution in [0.5, 0.6) is 5.75 Å². The molecule has 0 radical (unpaired) electrons. The number of methoxy groups -OCH3 is 1. The standard InChI is InChI=1S/C14H17N3O2/c1-19-12-6-2-5-11-13(12)16-9-17(14(11)18)8-10-4-3-7-15-10/h2,5-6,9-10,15H,3-4,7-8H2,1H3. The third-order valence-corrected chi connectivity index (χ3v) is 3.62. The molecular weight excluding hydrogens is 242 g/mol. The lowest BCUT2D eigenvalue weighted by Crippen LogP contribution is -2.32. The molecule has 1 atom stereocenters. The van der Waals surface area contributed by atoms with E-state index < -0.39 is 0 Å². The van der Waals surface area contributed by atoms with Gasteiger partial charge < -0.3 is 10.1 Å². The lowest BCUT2D eigenvalue weighted by atomic mass is 10.2. The van der Waals surface area contributed by atoms with Crippen LogP contribution in [0, 0.1) is 0 Å². The maximum absolute atomic E-state index is 12.4. The van der Waals surface area contributed by atoms with Gasteiger partial charge >= 0.3 is 0 Å². The Labute approximate surface area is 111 Å². The van der Waals surface area contributed by atoms with E-state index in [1.807, 2.05) is 12.1 Å². The minimum absolute atomic E-state index is 0.00222. The zero-order valence-electron chi connectivity index (χ0n) is 10.9. The van der Waals surface area contributed by atoms with E-state index in [1.54, 1.807) is 24.1 Å². The summed E-state index contributed by atoms with van der Waals surface area (Å²) < 4.78 is 6.92. The largest absolute Gasteiger partial charge is 0.494 e. The van der Waals surface area contributed by atoms with Crippen molar-refractivity contribution < 1.29 is 4.74 Å². The molecule has 2 aromatic rings. The molecule has 0 amide bonds. The van der Waals surface area contributed by atoms with E-state index in [0.717, 1.165) is 13.0 Å². The molecule has 5 nitrogen and oxygen atoms in total. The van der Waals surface area contributed by atoms with Crippen LogP contribution in [0.2, 0.25) is 0 Å². The number of para-hydroxylation sites is 1. The van der Waals surface area contributed by atoms with Crippen LogP contribution in [0.25, 0.3) is 10.9 Å². The van der Waals surface area contributed by atoms with Gasteiger partial charge in [-0.3, -0.25) is 9.36 Å². The molecule has 3 rings (SSSR count). The van der Waals surface area contributed by atoms with E-state index in [1.165, 1.54) is 6.42 Å². The van der Waals surface area contributed by atoms with Crippen molar-refractivity contribution in [2.24, 2.45) is 0 Å². The van der Waals surface area contributed by atoms with Crippen molar-refractivity contribution in [3.63, 3.8) is 0 Å². The summed E-state index contributed by atoms with van der Waals surface area (Å²) in [6, 6.07) is 5.81. The van der Waals surface area contributed by atoms with E-state index >= 15 is 0 Å². The number of aromatic nitrogens is 2. The van der Waals surface area contributed by atoms with Gasteiger partial charge in [-0.1, -0.05) is 6.07 Å². The minimum atomic E-state index is -0.00222. The highest BCUT2D eigenvalue weighted by atomic mass is 16.5. The molecule has 0 spiro atoms. The van der Waals surface area contributed by atoms with Crippen molar-refractivity contribution in [2.75, 3.05) is 13.7 Å². The summed E-state index contributed by atoms with van der Waals surface area (Å²) in [5.74, 6) is 0.640. The lowest BCUT2D eigenvalue weighted by Gasteiger charge is -2.13. The highest BCUT2D eigenvalue weighted by molar-refractivity contribution is 5.83. The number of benzene rings is 1. The first kappa shape index (κ1) is 12.2. The molecule has 1 unspecified atom stereocenters. The molecule has 0 saturated carbocycles. The predicted octanol–water partition coefficient (Wildman–Crippen LogP) is 1.16. The molecule has 5 heteroatoms. The lowest BCUT2D eigenvalue weighted by molar-refractivity contribution is 0.418. The molecule has 1 saturated heterocycles. The molecule has 1 aromatic carbocycles. The van der Waals surface area contributed by atoms with Crippen molar-refractivity contribution in [3.05, 3.63) is 34.9 Å². The van der Waals surface area contributed by atoms with E-state index in [4.69, 9.17) is 4.74 Å². The molecule has 1 aromatic heterocycles. The fourth-order valence-corrected chi connectivity index (χ4v) is 2.61. The number of rotatable bonds is 3. The summed E-state index contributed by atoms with van der Waals surface area (Å²) >= 11 is 0. The van der Waals surface area contributed by atoms with Crippen molar-refractivity contribution in [2.45, 2.75) is 25.4 Å². The third-order valence-electron chi connectivity index (χ3n) is 3.62. The second kappa shape index (κ2) is 5.01. The van der Waals surface area contributed by atoms with Crippen molar-refractivity contribution in [1.29, 1.82) is 0 Å². The summed E-state index contributed by atoms with van der Waals surface area (Å²) in [5, 5.41) is 4.00. The Morgan fingerprint density at radius 2 is 2.42 bits per heavy atom. The number of hydrogen-bond donors (Lipinski definition) is 1. The van der Waals surface area contributed by atoms with Gasteiger partial charge in [-0.05, 0) is 31.5 Å². The van der Waals surface area contributed by atoms with Crippen LogP contribution >= 0.6 is 0 Å². The number of nitrogens with zero attached hydrogens (tertiary/aromatic N) is 2. The molecule has 1 aliphatic rings. The smallest absolute Gasteiger partial charge is 0.261 e. The highest BCUT2D eigenvalue weighted by Crippen LogP contribution is 2.20.